The molecule has 0 unspecified atom stereocenters. The van der Waals surface area contributed by atoms with Crippen LogP contribution in [0.2, 0.25) is 10.0 Å². The SMILES string of the molecule is C=CC[C@@](CN(C)C(=O)CC(F)(F)F)(c1ccc(Cl)c(Cl)c1)N(C)C(=O)Oc1ccc(F)c(F)c1. The van der Waals surface area contributed by atoms with Gasteiger partial charge >= 0.3 is 12.3 Å². The predicted molar refractivity (Wildman–Crippen MR) is 121 cm³/mol. The summed E-state index contributed by atoms with van der Waals surface area (Å²) < 4.78 is 70.4. The number of alkyl halides is 3. The highest BCUT2D eigenvalue weighted by Gasteiger charge is 2.43. The number of hydrogen-bond donors (Lipinski definition) is 0. The van der Waals surface area contributed by atoms with Gasteiger partial charge in [0.2, 0.25) is 5.91 Å². The zero-order valence-electron chi connectivity index (χ0n) is 18.6. The van der Waals surface area contributed by atoms with Crippen molar-refractivity contribution in [2.45, 2.75) is 24.6 Å². The fraction of sp³-hybridized carbons (Fsp3) is 0.304. The zero-order chi connectivity index (χ0) is 26.6. The first-order valence-electron chi connectivity index (χ1n) is 9.98. The summed E-state index contributed by atoms with van der Waals surface area (Å²) in [5.41, 5.74) is -1.22. The van der Waals surface area contributed by atoms with Crippen LogP contribution in [0.5, 0.6) is 5.75 Å². The minimum atomic E-state index is -4.74. The molecule has 35 heavy (non-hydrogen) atoms. The van der Waals surface area contributed by atoms with Gasteiger partial charge in [-0.15, -0.1) is 6.58 Å². The number of ether oxygens (including phenoxy) is 1. The average molecular weight is 539 g/mol. The van der Waals surface area contributed by atoms with E-state index in [1.807, 2.05) is 0 Å². The van der Waals surface area contributed by atoms with Crippen molar-refractivity contribution < 1.29 is 36.3 Å². The lowest BCUT2D eigenvalue weighted by Gasteiger charge is -2.43. The van der Waals surface area contributed by atoms with Crippen molar-refractivity contribution in [1.29, 1.82) is 0 Å². The van der Waals surface area contributed by atoms with E-state index in [2.05, 4.69) is 6.58 Å². The summed E-state index contributed by atoms with van der Waals surface area (Å²) in [6.07, 6.45) is -6.18. The maximum absolute atomic E-state index is 13.6. The molecule has 0 aliphatic heterocycles. The smallest absolute Gasteiger partial charge is 0.410 e. The highest BCUT2D eigenvalue weighted by atomic mass is 35.5. The monoisotopic (exact) mass is 538 g/mol. The van der Waals surface area contributed by atoms with Crippen molar-refractivity contribution in [1.82, 2.24) is 9.80 Å². The van der Waals surface area contributed by atoms with Crippen molar-refractivity contribution >= 4 is 35.2 Å². The van der Waals surface area contributed by atoms with Crippen LogP contribution in [0.25, 0.3) is 0 Å². The van der Waals surface area contributed by atoms with Crippen LogP contribution in [-0.4, -0.2) is 48.6 Å². The number of nitrogens with zero attached hydrogens (tertiary/aromatic N) is 2. The highest BCUT2D eigenvalue weighted by molar-refractivity contribution is 6.42. The van der Waals surface area contributed by atoms with Crippen LogP contribution in [-0.2, 0) is 10.3 Å². The molecule has 0 aliphatic rings. The Bertz CT molecular complexity index is 1110. The Morgan fingerprint density at radius 2 is 1.69 bits per heavy atom. The first-order chi connectivity index (χ1) is 16.2. The van der Waals surface area contributed by atoms with Crippen LogP contribution in [0.1, 0.15) is 18.4 Å². The summed E-state index contributed by atoms with van der Waals surface area (Å²) in [6, 6.07) is 6.75. The van der Waals surface area contributed by atoms with Crippen molar-refractivity contribution in [2.24, 2.45) is 0 Å². The molecule has 0 saturated heterocycles. The number of amides is 2. The molecule has 0 fully saturated rings. The van der Waals surface area contributed by atoms with E-state index in [1.165, 1.54) is 31.3 Å². The molecule has 2 aromatic carbocycles. The second-order valence-electron chi connectivity index (χ2n) is 7.70. The van der Waals surface area contributed by atoms with E-state index >= 15 is 0 Å². The van der Waals surface area contributed by atoms with E-state index in [-0.39, 0.29) is 22.2 Å². The van der Waals surface area contributed by atoms with E-state index in [0.717, 1.165) is 29.0 Å². The van der Waals surface area contributed by atoms with E-state index in [0.29, 0.717) is 11.6 Å². The Kier molecular flexibility index (Phi) is 9.13. The van der Waals surface area contributed by atoms with Gasteiger partial charge in [-0.25, -0.2) is 13.6 Å². The van der Waals surface area contributed by atoms with Crippen LogP contribution in [0.4, 0.5) is 26.7 Å². The molecular weight excluding hydrogens is 518 g/mol. The molecular formula is C23H21Cl2F5N2O3. The molecule has 0 N–H and O–H groups in total. The maximum Gasteiger partial charge on any atom is 0.415 e. The van der Waals surface area contributed by atoms with Crippen LogP contribution >= 0.6 is 23.2 Å². The predicted octanol–water partition coefficient (Wildman–Crippen LogP) is 6.58. The quantitative estimate of drug-likeness (QED) is 0.281. The maximum atomic E-state index is 13.6. The summed E-state index contributed by atoms with van der Waals surface area (Å²) in [4.78, 5) is 27.2. The highest BCUT2D eigenvalue weighted by Crippen LogP contribution is 2.37. The minimum Gasteiger partial charge on any atom is -0.410 e. The van der Waals surface area contributed by atoms with Gasteiger partial charge in [-0.3, -0.25) is 9.69 Å². The third-order valence-corrected chi connectivity index (χ3v) is 5.97. The fourth-order valence-electron chi connectivity index (χ4n) is 3.41. The van der Waals surface area contributed by atoms with Crippen LogP contribution in [0.3, 0.4) is 0 Å². The third-order valence-electron chi connectivity index (χ3n) is 5.23. The van der Waals surface area contributed by atoms with Gasteiger partial charge in [0, 0.05) is 26.7 Å². The summed E-state index contributed by atoms with van der Waals surface area (Å²) >= 11 is 12.2. The molecule has 0 aromatic heterocycles. The molecule has 0 radical (unpaired) electrons. The topological polar surface area (TPSA) is 49.9 Å². The molecule has 2 rings (SSSR count). The Labute approximate surface area is 208 Å². The largest absolute Gasteiger partial charge is 0.415 e. The third kappa shape index (κ3) is 7.08. The van der Waals surface area contributed by atoms with Crippen molar-refractivity contribution in [3.8, 4) is 5.75 Å². The molecule has 0 bridgehead atoms. The molecule has 2 aromatic rings. The number of hydrogen-bond acceptors (Lipinski definition) is 3. The van der Waals surface area contributed by atoms with Gasteiger partial charge in [-0.2, -0.15) is 13.2 Å². The summed E-state index contributed by atoms with van der Waals surface area (Å²) in [7, 11) is 2.42. The Morgan fingerprint density at radius 3 is 2.23 bits per heavy atom. The first kappa shape index (κ1) is 28.4. The van der Waals surface area contributed by atoms with Crippen LogP contribution < -0.4 is 4.74 Å². The lowest BCUT2D eigenvalue weighted by Crippen LogP contribution is -2.55. The molecule has 12 heteroatoms. The molecule has 5 nitrogen and oxygen atoms in total. The lowest BCUT2D eigenvalue weighted by atomic mass is 9.84. The summed E-state index contributed by atoms with van der Waals surface area (Å²) in [5, 5.41) is 0.265. The number of benzene rings is 2. The van der Waals surface area contributed by atoms with Gasteiger partial charge in [0.05, 0.1) is 15.6 Å². The number of rotatable bonds is 8. The summed E-state index contributed by atoms with van der Waals surface area (Å²) in [6.45, 7) is 3.24. The molecule has 190 valence electrons. The molecule has 0 aliphatic carbocycles. The van der Waals surface area contributed by atoms with E-state index < -0.39 is 48.3 Å². The van der Waals surface area contributed by atoms with Gasteiger partial charge < -0.3 is 9.64 Å². The van der Waals surface area contributed by atoms with Gasteiger partial charge in [-0.05, 0) is 36.2 Å². The normalized spacial score (nSPS) is 13.1. The van der Waals surface area contributed by atoms with Gasteiger partial charge in [0.15, 0.2) is 11.6 Å². The second kappa shape index (κ2) is 11.3. The number of likely N-dealkylation sites (N-methyl/N-ethyl adjacent to an activating group) is 2. The van der Waals surface area contributed by atoms with E-state index in [9.17, 15) is 31.5 Å². The van der Waals surface area contributed by atoms with Crippen LogP contribution in [0, 0.1) is 11.6 Å². The van der Waals surface area contributed by atoms with Crippen molar-refractivity contribution in [3.05, 3.63) is 76.3 Å². The molecule has 0 heterocycles. The second-order valence-corrected chi connectivity index (χ2v) is 8.51. The van der Waals surface area contributed by atoms with Gasteiger partial charge in [0.25, 0.3) is 0 Å². The summed E-state index contributed by atoms with van der Waals surface area (Å²) in [5.74, 6) is -3.96. The van der Waals surface area contributed by atoms with Crippen molar-refractivity contribution in [3.63, 3.8) is 0 Å². The van der Waals surface area contributed by atoms with Gasteiger partial charge in [0.1, 0.15) is 12.2 Å². The van der Waals surface area contributed by atoms with Gasteiger partial charge in [-0.1, -0.05) is 35.3 Å². The minimum absolute atomic E-state index is 0.0576. The van der Waals surface area contributed by atoms with E-state index in [1.54, 1.807) is 0 Å². The zero-order valence-corrected chi connectivity index (χ0v) is 20.1. The molecule has 0 spiro atoms. The number of carbonyl (C=O) groups is 2. The molecule has 0 saturated carbocycles. The Balaban J connectivity index is 2.53. The molecule has 2 amide bonds. The average Bonchev–Trinajstić information content (AvgIpc) is 2.76. The standard InChI is InChI=1S/C23H21Cl2F5N2O3/c1-4-9-22(14-5-7-16(24)17(25)10-14,13-31(2)20(33)12-23(28,29)30)32(3)21(34)35-15-6-8-18(26)19(27)11-15/h4-8,10-11H,1,9,12-13H2,2-3H3/t22-/m1/s1. The lowest BCUT2D eigenvalue weighted by molar-refractivity contribution is -0.161. The Hall–Kier alpha value is -2.85. The number of halogens is 7. The van der Waals surface area contributed by atoms with E-state index in [4.69, 9.17) is 27.9 Å². The van der Waals surface area contributed by atoms with Crippen molar-refractivity contribution in [2.75, 3.05) is 20.6 Å². The first-order valence-corrected chi connectivity index (χ1v) is 10.7. The fourth-order valence-corrected chi connectivity index (χ4v) is 3.70. The Morgan fingerprint density at radius 1 is 1.03 bits per heavy atom. The number of carbonyl (C=O) groups excluding carboxylic acids is 2. The molecule has 1 atom stereocenters. The van der Waals surface area contributed by atoms with Crippen LogP contribution in [0.15, 0.2) is 49.1 Å².